The minimum absolute atomic E-state index is 0.0851. The fourth-order valence-corrected chi connectivity index (χ4v) is 2.99. The van der Waals surface area contributed by atoms with E-state index in [0.717, 1.165) is 9.80 Å². The van der Waals surface area contributed by atoms with Crippen molar-refractivity contribution in [2.45, 2.75) is 27.3 Å². The summed E-state index contributed by atoms with van der Waals surface area (Å²) >= 11 is 0. The van der Waals surface area contributed by atoms with E-state index in [1.165, 1.54) is 24.7 Å². The van der Waals surface area contributed by atoms with Crippen LogP contribution in [0.3, 0.4) is 0 Å². The molecule has 1 saturated heterocycles. The Labute approximate surface area is 156 Å². The molecule has 0 aliphatic carbocycles. The molecule has 1 aromatic rings. The van der Waals surface area contributed by atoms with Gasteiger partial charge in [0.15, 0.2) is 0 Å². The number of hydrogen-bond acceptors (Lipinski definition) is 6. The standard InChI is InChI=1S/C18H20N4O5/c1-6-27-17(25)14-10(2)13(22(8-7-19)11(14)3)9-12-15(23)20(4)18(26)21(5)16(12)24/h9H,6,8H2,1-5H3. The van der Waals surface area contributed by atoms with Crippen molar-refractivity contribution >= 4 is 29.9 Å². The number of carbonyl (C=O) groups excluding carboxylic acids is 4. The van der Waals surface area contributed by atoms with Crippen LogP contribution in [0.25, 0.3) is 6.08 Å². The maximum absolute atomic E-state index is 12.4. The minimum Gasteiger partial charge on any atom is -0.462 e. The molecule has 2 rings (SSSR count). The maximum atomic E-state index is 12.4. The van der Waals surface area contributed by atoms with E-state index < -0.39 is 23.8 Å². The molecule has 0 saturated carbocycles. The highest BCUT2D eigenvalue weighted by molar-refractivity contribution is 6.30. The number of urea groups is 1. The second-order valence-corrected chi connectivity index (χ2v) is 6.00. The van der Waals surface area contributed by atoms with Crippen molar-refractivity contribution in [3.8, 4) is 6.07 Å². The van der Waals surface area contributed by atoms with Gasteiger partial charge < -0.3 is 9.30 Å². The van der Waals surface area contributed by atoms with Crippen LogP contribution < -0.4 is 0 Å². The molecule has 4 amide bonds. The van der Waals surface area contributed by atoms with Crippen LogP contribution in [0.4, 0.5) is 4.79 Å². The van der Waals surface area contributed by atoms with E-state index in [1.54, 1.807) is 20.8 Å². The number of nitriles is 1. The summed E-state index contributed by atoms with van der Waals surface area (Å²) in [6, 6.07) is 1.27. The summed E-state index contributed by atoms with van der Waals surface area (Å²) in [5.41, 5.74) is 1.40. The van der Waals surface area contributed by atoms with E-state index in [2.05, 4.69) is 0 Å². The predicted molar refractivity (Wildman–Crippen MR) is 94.4 cm³/mol. The first kappa shape index (κ1) is 19.9. The van der Waals surface area contributed by atoms with Crippen molar-refractivity contribution in [3.63, 3.8) is 0 Å². The van der Waals surface area contributed by atoms with E-state index in [1.807, 2.05) is 6.07 Å². The molecule has 0 aromatic carbocycles. The lowest BCUT2D eigenvalue weighted by molar-refractivity contribution is -0.134. The fourth-order valence-electron chi connectivity index (χ4n) is 2.99. The smallest absolute Gasteiger partial charge is 0.340 e. The quantitative estimate of drug-likeness (QED) is 0.446. The van der Waals surface area contributed by atoms with Crippen LogP contribution >= 0.6 is 0 Å². The van der Waals surface area contributed by atoms with Gasteiger partial charge >= 0.3 is 12.0 Å². The Bertz CT molecular complexity index is 893. The summed E-state index contributed by atoms with van der Waals surface area (Å²) in [7, 11) is 2.55. The number of hydrogen-bond donors (Lipinski definition) is 0. The van der Waals surface area contributed by atoms with Gasteiger partial charge in [0.1, 0.15) is 12.1 Å². The second-order valence-electron chi connectivity index (χ2n) is 6.00. The van der Waals surface area contributed by atoms with Crippen LogP contribution in [-0.2, 0) is 20.9 Å². The molecule has 9 nitrogen and oxygen atoms in total. The zero-order chi connectivity index (χ0) is 20.5. The summed E-state index contributed by atoms with van der Waals surface area (Å²) in [6.07, 6.45) is 1.31. The Morgan fingerprint density at radius 1 is 1.15 bits per heavy atom. The topological polar surface area (TPSA) is 113 Å². The van der Waals surface area contributed by atoms with Crippen LogP contribution in [0.2, 0.25) is 0 Å². The zero-order valence-electron chi connectivity index (χ0n) is 15.8. The molecule has 1 aliphatic rings. The van der Waals surface area contributed by atoms with Crippen LogP contribution in [0.5, 0.6) is 0 Å². The lowest BCUT2D eigenvalue weighted by Crippen LogP contribution is -2.53. The lowest BCUT2D eigenvalue weighted by Gasteiger charge is -2.29. The summed E-state index contributed by atoms with van der Waals surface area (Å²) in [4.78, 5) is 50.7. The molecule has 0 spiro atoms. The summed E-state index contributed by atoms with van der Waals surface area (Å²) in [5.74, 6) is -2.04. The van der Waals surface area contributed by atoms with Gasteiger partial charge in [0.25, 0.3) is 11.8 Å². The Balaban J connectivity index is 2.69. The molecule has 142 valence electrons. The van der Waals surface area contributed by atoms with Gasteiger partial charge in [-0.25, -0.2) is 9.59 Å². The van der Waals surface area contributed by atoms with Crippen molar-refractivity contribution in [2.24, 2.45) is 0 Å². The molecule has 0 radical (unpaired) electrons. The van der Waals surface area contributed by atoms with Crippen molar-refractivity contribution in [1.29, 1.82) is 5.26 Å². The van der Waals surface area contributed by atoms with Gasteiger partial charge in [-0.15, -0.1) is 0 Å². The molecule has 0 unspecified atom stereocenters. The number of esters is 1. The largest absolute Gasteiger partial charge is 0.462 e. The lowest BCUT2D eigenvalue weighted by atomic mass is 10.1. The molecule has 1 aliphatic heterocycles. The van der Waals surface area contributed by atoms with Crippen LogP contribution in [0, 0.1) is 25.2 Å². The van der Waals surface area contributed by atoms with Crippen LogP contribution in [0.1, 0.15) is 34.2 Å². The number of imide groups is 2. The SMILES string of the molecule is CCOC(=O)c1c(C)c(C=C2C(=O)N(C)C(=O)N(C)C2=O)n(CC#N)c1C. The first-order valence-electron chi connectivity index (χ1n) is 8.22. The third-order valence-electron chi connectivity index (χ3n) is 4.45. The molecule has 0 atom stereocenters. The zero-order valence-corrected chi connectivity index (χ0v) is 15.8. The van der Waals surface area contributed by atoms with Gasteiger partial charge in [-0.05, 0) is 32.4 Å². The molecule has 2 heterocycles. The summed E-state index contributed by atoms with van der Waals surface area (Å²) in [5, 5.41) is 9.14. The van der Waals surface area contributed by atoms with Crippen molar-refractivity contribution < 1.29 is 23.9 Å². The Morgan fingerprint density at radius 2 is 1.70 bits per heavy atom. The number of barbiturate groups is 1. The summed E-state index contributed by atoms with van der Waals surface area (Å²) < 4.78 is 6.60. The van der Waals surface area contributed by atoms with E-state index in [4.69, 9.17) is 10.00 Å². The van der Waals surface area contributed by atoms with Crippen molar-refractivity contribution in [2.75, 3.05) is 20.7 Å². The number of aromatic nitrogens is 1. The maximum Gasteiger partial charge on any atom is 0.340 e. The molecule has 0 bridgehead atoms. The average Bonchev–Trinajstić information content (AvgIpc) is 2.86. The number of nitrogens with zero attached hydrogens (tertiary/aromatic N) is 4. The monoisotopic (exact) mass is 372 g/mol. The third-order valence-corrected chi connectivity index (χ3v) is 4.45. The van der Waals surface area contributed by atoms with E-state index >= 15 is 0 Å². The van der Waals surface area contributed by atoms with Gasteiger partial charge in [0, 0.05) is 25.5 Å². The second kappa shape index (κ2) is 7.45. The highest BCUT2D eigenvalue weighted by atomic mass is 16.5. The van der Waals surface area contributed by atoms with Gasteiger partial charge in [0.05, 0.1) is 18.2 Å². The molecular formula is C18H20N4O5. The Kier molecular flexibility index (Phi) is 5.49. The number of ether oxygens (including phenoxy) is 1. The average molecular weight is 372 g/mol. The van der Waals surface area contributed by atoms with E-state index in [0.29, 0.717) is 17.0 Å². The molecule has 0 N–H and O–H groups in total. The number of rotatable bonds is 4. The first-order valence-corrected chi connectivity index (χ1v) is 8.22. The van der Waals surface area contributed by atoms with E-state index in [9.17, 15) is 19.2 Å². The van der Waals surface area contributed by atoms with Crippen molar-refractivity contribution in [1.82, 2.24) is 14.4 Å². The minimum atomic E-state index is -0.748. The van der Waals surface area contributed by atoms with Gasteiger partial charge in [-0.2, -0.15) is 5.26 Å². The van der Waals surface area contributed by atoms with Crippen molar-refractivity contribution in [3.05, 3.63) is 28.1 Å². The predicted octanol–water partition coefficient (Wildman–Crippen LogP) is 1.24. The Morgan fingerprint density at radius 3 is 2.19 bits per heavy atom. The van der Waals surface area contributed by atoms with Gasteiger partial charge in [-0.1, -0.05) is 0 Å². The third kappa shape index (κ3) is 3.21. The van der Waals surface area contributed by atoms with E-state index in [-0.39, 0.29) is 24.3 Å². The Hall–Kier alpha value is -3.41. The highest BCUT2D eigenvalue weighted by Gasteiger charge is 2.38. The number of likely N-dealkylation sites (N-methyl/N-ethyl adjacent to an activating group) is 2. The number of amides is 4. The fraction of sp³-hybridized carbons (Fsp3) is 0.389. The first-order chi connectivity index (χ1) is 12.7. The molecule has 9 heteroatoms. The van der Waals surface area contributed by atoms with Gasteiger partial charge in [0.2, 0.25) is 0 Å². The molecule has 1 fully saturated rings. The molecule has 27 heavy (non-hydrogen) atoms. The summed E-state index contributed by atoms with van der Waals surface area (Å²) in [6.45, 7) is 5.09. The van der Waals surface area contributed by atoms with Gasteiger partial charge in [-0.3, -0.25) is 19.4 Å². The normalized spacial score (nSPS) is 14.5. The van der Waals surface area contributed by atoms with Crippen LogP contribution in [0.15, 0.2) is 5.57 Å². The molecular weight excluding hydrogens is 352 g/mol. The highest BCUT2D eigenvalue weighted by Crippen LogP contribution is 2.27. The molecule has 1 aromatic heterocycles. The number of carbonyl (C=O) groups is 4. The van der Waals surface area contributed by atoms with Crippen LogP contribution in [-0.4, -0.2) is 58.9 Å².